The minimum atomic E-state index is -1.53. The summed E-state index contributed by atoms with van der Waals surface area (Å²) < 4.78 is 5.35. The summed E-state index contributed by atoms with van der Waals surface area (Å²) in [5, 5.41) is 21.9. The van der Waals surface area contributed by atoms with Crippen LogP contribution >= 0.6 is 0 Å². The minimum Gasteiger partial charge on any atom is -0.457 e. The fraction of sp³-hybridized carbons (Fsp3) is 0.679. The molecule has 0 aromatic carbocycles. The molecule has 0 aromatic rings. The third kappa shape index (κ3) is 3.40. The van der Waals surface area contributed by atoms with Crippen LogP contribution in [0.25, 0.3) is 0 Å². The van der Waals surface area contributed by atoms with Gasteiger partial charge in [0, 0.05) is 10.8 Å². The minimum absolute atomic E-state index is 0.0494. The van der Waals surface area contributed by atoms with Gasteiger partial charge in [0.1, 0.15) is 5.60 Å². The summed E-state index contributed by atoms with van der Waals surface area (Å²) in [6, 6.07) is 0. The Morgan fingerprint density at radius 3 is 2.62 bits per heavy atom. The molecular weight excluding hydrogens is 432 g/mol. The Morgan fingerprint density at radius 2 is 1.85 bits per heavy atom. The molecule has 5 rings (SSSR count). The number of carbonyl (C=O) groups excluding carboxylic acids is 3. The normalized spacial score (nSPS) is 41.4. The molecule has 0 aliphatic heterocycles. The van der Waals surface area contributed by atoms with E-state index in [-0.39, 0.29) is 17.1 Å². The van der Waals surface area contributed by atoms with Crippen LogP contribution in [-0.4, -0.2) is 46.1 Å². The van der Waals surface area contributed by atoms with Gasteiger partial charge >= 0.3 is 5.97 Å². The van der Waals surface area contributed by atoms with Gasteiger partial charge in [-0.25, -0.2) is 0 Å². The molecule has 34 heavy (non-hydrogen) atoms. The average Bonchev–Trinajstić information content (AvgIpc) is 3.10. The Balaban J connectivity index is 1.34. The van der Waals surface area contributed by atoms with Crippen LogP contribution in [0.1, 0.15) is 78.1 Å². The zero-order valence-electron chi connectivity index (χ0n) is 20.3. The second kappa shape index (κ2) is 8.27. The number of hydrogen-bond acceptors (Lipinski definition) is 6. The molecule has 0 amide bonds. The van der Waals surface area contributed by atoms with Gasteiger partial charge in [-0.15, -0.1) is 0 Å². The Bertz CT molecular complexity index is 1020. The molecule has 0 bridgehead atoms. The van der Waals surface area contributed by atoms with Gasteiger partial charge in [-0.1, -0.05) is 42.6 Å². The summed E-state index contributed by atoms with van der Waals surface area (Å²) in [4.78, 5) is 37.8. The first kappa shape index (κ1) is 23.7. The maximum atomic E-state index is 13.3. The van der Waals surface area contributed by atoms with Crippen LogP contribution in [0.4, 0.5) is 0 Å². The third-order valence-corrected chi connectivity index (χ3v) is 9.91. The van der Waals surface area contributed by atoms with Crippen molar-refractivity contribution in [3.63, 3.8) is 0 Å². The molecule has 2 saturated carbocycles. The fourth-order valence-electron chi connectivity index (χ4n) is 7.69. The van der Waals surface area contributed by atoms with Gasteiger partial charge in [0.15, 0.2) is 12.4 Å². The summed E-state index contributed by atoms with van der Waals surface area (Å²) in [5.74, 6) is -1.38. The van der Waals surface area contributed by atoms with E-state index >= 15 is 0 Å². The topological polar surface area (TPSA) is 101 Å². The molecule has 5 aliphatic carbocycles. The van der Waals surface area contributed by atoms with E-state index in [9.17, 15) is 24.6 Å². The van der Waals surface area contributed by atoms with Crippen LogP contribution in [0.3, 0.4) is 0 Å². The monoisotopic (exact) mass is 468 g/mol. The van der Waals surface area contributed by atoms with Crippen molar-refractivity contribution in [1.29, 1.82) is 0 Å². The van der Waals surface area contributed by atoms with Crippen molar-refractivity contribution in [2.45, 2.75) is 89.8 Å². The van der Waals surface area contributed by atoms with E-state index in [1.54, 1.807) is 12.2 Å². The van der Waals surface area contributed by atoms with Gasteiger partial charge in [0.25, 0.3) is 0 Å². The second-order valence-electron chi connectivity index (χ2n) is 11.5. The highest BCUT2D eigenvalue weighted by atomic mass is 16.5. The lowest BCUT2D eigenvalue weighted by Gasteiger charge is -2.51. The highest BCUT2D eigenvalue weighted by molar-refractivity contribution is 6.01. The van der Waals surface area contributed by atoms with Gasteiger partial charge in [-0.3, -0.25) is 14.4 Å². The number of hydrogen-bond donors (Lipinski definition) is 2. The lowest BCUT2D eigenvalue weighted by atomic mass is 9.53. The summed E-state index contributed by atoms with van der Waals surface area (Å²) in [5.41, 5.74) is 1.49. The van der Waals surface area contributed by atoms with Crippen molar-refractivity contribution in [3.05, 3.63) is 34.9 Å². The van der Waals surface area contributed by atoms with E-state index in [0.29, 0.717) is 25.7 Å². The molecule has 6 heteroatoms. The molecular formula is C28H36O6. The van der Waals surface area contributed by atoms with Gasteiger partial charge in [-0.05, 0) is 76.4 Å². The van der Waals surface area contributed by atoms with Crippen molar-refractivity contribution in [2.24, 2.45) is 22.7 Å². The Labute approximate surface area is 201 Å². The Hall–Kier alpha value is -2.05. The van der Waals surface area contributed by atoms with Gasteiger partial charge in [0.2, 0.25) is 5.78 Å². The molecule has 5 aliphatic rings. The predicted octanol–water partition coefficient (Wildman–Crippen LogP) is 3.75. The zero-order valence-corrected chi connectivity index (χ0v) is 20.3. The molecule has 2 unspecified atom stereocenters. The maximum absolute atomic E-state index is 13.3. The van der Waals surface area contributed by atoms with Crippen LogP contribution in [0.15, 0.2) is 34.9 Å². The standard InChI is InChI=1S/C28H36O6/c1-26-12-9-18(29)15-17(26)7-8-19-21(26)10-13-27(2)22(19)11-14-28(27,33)24(31)16-34-25(32)20-5-3-4-6-23(20)30/h9,12,15,20,22-23,30,33H,3-8,10-11,13-14,16H2,1-2H3/t20?,22-,23?,26-,27-,28-/m0/s1. The molecule has 6 nitrogen and oxygen atoms in total. The van der Waals surface area contributed by atoms with Crippen molar-refractivity contribution in [2.75, 3.05) is 6.61 Å². The number of ketones is 2. The molecule has 0 spiro atoms. The first-order chi connectivity index (χ1) is 16.1. The fourth-order valence-corrected chi connectivity index (χ4v) is 7.69. The number of fused-ring (bicyclic) bond motifs is 4. The number of ether oxygens (including phenoxy) is 1. The summed E-state index contributed by atoms with van der Waals surface area (Å²) >= 11 is 0. The Morgan fingerprint density at radius 1 is 1.09 bits per heavy atom. The number of aliphatic hydroxyl groups excluding tert-OH is 1. The lowest BCUT2D eigenvalue weighted by Crippen LogP contribution is -2.54. The highest BCUT2D eigenvalue weighted by Crippen LogP contribution is 2.64. The second-order valence-corrected chi connectivity index (χ2v) is 11.5. The highest BCUT2D eigenvalue weighted by Gasteiger charge is 2.63. The first-order valence-electron chi connectivity index (χ1n) is 12.9. The van der Waals surface area contributed by atoms with Crippen LogP contribution < -0.4 is 0 Å². The number of Topliss-reactive ketones (excluding diaryl/α,β-unsaturated/α-hetero) is 1. The van der Waals surface area contributed by atoms with Crippen molar-refractivity contribution >= 4 is 17.5 Å². The molecule has 0 radical (unpaired) electrons. The van der Waals surface area contributed by atoms with E-state index in [0.717, 1.165) is 38.5 Å². The number of rotatable bonds is 4. The molecule has 2 N–H and O–H groups in total. The average molecular weight is 469 g/mol. The smallest absolute Gasteiger partial charge is 0.312 e. The quantitative estimate of drug-likeness (QED) is 0.481. The van der Waals surface area contributed by atoms with Crippen molar-refractivity contribution in [3.8, 4) is 0 Å². The summed E-state index contributed by atoms with van der Waals surface area (Å²) in [6.45, 7) is 3.76. The lowest BCUT2D eigenvalue weighted by molar-refractivity contribution is -0.167. The molecule has 184 valence electrons. The van der Waals surface area contributed by atoms with Crippen LogP contribution in [0, 0.1) is 22.7 Å². The predicted molar refractivity (Wildman–Crippen MR) is 126 cm³/mol. The van der Waals surface area contributed by atoms with Crippen molar-refractivity contribution < 1.29 is 29.3 Å². The van der Waals surface area contributed by atoms with E-state index in [4.69, 9.17) is 4.74 Å². The van der Waals surface area contributed by atoms with E-state index in [1.165, 1.54) is 16.7 Å². The van der Waals surface area contributed by atoms with Crippen molar-refractivity contribution in [1.82, 2.24) is 0 Å². The molecule has 0 aromatic heterocycles. The molecule has 2 fully saturated rings. The largest absolute Gasteiger partial charge is 0.457 e. The van der Waals surface area contributed by atoms with Gasteiger partial charge in [0.05, 0.1) is 12.0 Å². The number of allylic oxidation sites excluding steroid dienone is 6. The number of esters is 1. The van der Waals surface area contributed by atoms with Crippen LogP contribution in [0.2, 0.25) is 0 Å². The van der Waals surface area contributed by atoms with E-state index in [1.807, 2.05) is 13.0 Å². The first-order valence-corrected chi connectivity index (χ1v) is 12.9. The van der Waals surface area contributed by atoms with E-state index < -0.39 is 41.4 Å². The maximum Gasteiger partial charge on any atom is 0.312 e. The number of aliphatic hydroxyl groups is 2. The van der Waals surface area contributed by atoms with Gasteiger partial charge < -0.3 is 14.9 Å². The molecule has 0 saturated heterocycles. The summed E-state index contributed by atoms with van der Waals surface area (Å²) in [7, 11) is 0. The van der Waals surface area contributed by atoms with Gasteiger partial charge in [-0.2, -0.15) is 0 Å². The number of carbonyl (C=O) groups is 3. The van der Waals surface area contributed by atoms with E-state index in [2.05, 4.69) is 6.92 Å². The Kier molecular flexibility index (Phi) is 5.76. The third-order valence-electron chi connectivity index (χ3n) is 9.91. The van der Waals surface area contributed by atoms with Crippen LogP contribution in [-0.2, 0) is 19.1 Å². The summed E-state index contributed by atoms with van der Waals surface area (Å²) in [6.07, 6.45) is 11.9. The molecule has 6 atom stereocenters. The van der Waals surface area contributed by atoms with Crippen LogP contribution in [0.5, 0.6) is 0 Å². The molecule has 0 heterocycles. The SMILES string of the molecule is C[C@]12C=CC(=O)C=C1CCC1=C2CC[C@@]2(C)[C@H]1CC[C@]2(O)C(=O)COC(=O)C1CCCCC1O. The zero-order chi connectivity index (χ0) is 24.3.